The summed E-state index contributed by atoms with van der Waals surface area (Å²) in [5.41, 5.74) is 3.86. The predicted molar refractivity (Wildman–Crippen MR) is 387 cm³/mol. The van der Waals surface area contributed by atoms with E-state index in [1.165, 1.54) is 306 Å². The molecule has 0 aromatic heterocycles. The number of hydrogen-bond donors (Lipinski definition) is 0. The molecule has 0 heterocycles. The molecule has 0 fully saturated rings. The van der Waals surface area contributed by atoms with E-state index in [0.717, 1.165) is 72.9 Å². The molecule has 0 aliphatic rings. The maximum atomic E-state index is 12.2. The third-order valence-electron chi connectivity index (χ3n) is 18.9. The largest absolute Gasteiger partial charge is 2.00 e. The summed E-state index contributed by atoms with van der Waals surface area (Å²) in [4.78, 5) is -0.0240. The summed E-state index contributed by atoms with van der Waals surface area (Å²) in [5.74, 6) is 0. The second-order valence-electron chi connectivity index (χ2n) is 27.2. The maximum absolute atomic E-state index is 12.2. The molecule has 0 atom stereocenters. The fourth-order valence-electron chi connectivity index (χ4n) is 13.3. The molecule has 89 heavy (non-hydrogen) atoms. The second kappa shape index (κ2) is 56.0. The van der Waals surface area contributed by atoms with Crippen LogP contribution in [0.25, 0.3) is 21.5 Å². The molecule has 0 amide bonds. The van der Waals surface area contributed by atoms with Crippen LogP contribution < -0.4 is 0 Å². The molecule has 0 spiro atoms. The third kappa shape index (κ3) is 42.8. The maximum Gasteiger partial charge on any atom is 2.00 e. The van der Waals surface area contributed by atoms with Crippen molar-refractivity contribution in [1.29, 1.82) is 0 Å². The van der Waals surface area contributed by atoms with Crippen LogP contribution in [0.4, 0.5) is 0 Å². The quantitative estimate of drug-likeness (QED) is 0.0247. The molecule has 504 valence electrons. The van der Waals surface area contributed by atoms with Gasteiger partial charge in [-0.3, -0.25) is 0 Å². The monoisotopic (exact) mass is 1390 g/mol. The summed E-state index contributed by atoms with van der Waals surface area (Å²) in [6, 6.07) is 20.0. The van der Waals surface area contributed by atoms with E-state index in [1.807, 2.05) is 12.1 Å². The Morgan fingerprint density at radius 1 is 0.236 bits per heavy atom. The Bertz CT molecular complexity index is 2370. The van der Waals surface area contributed by atoms with Crippen LogP contribution in [0.1, 0.15) is 384 Å². The van der Waals surface area contributed by atoms with Gasteiger partial charge in [0.15, 0.2) is 0 Å². The van der Waals surface area contributed by atoms with Gasteiger partial charge in [0.1, 0.15) is 20.2 Å². The Labute approximate surface area is 591 Å². The Balaban J connectivity index is 0.000000600. The molecule has 0 aliphatic carbocycles. The van der Waals surface area contributed by atoms with Crippen molar-refractivity contribution in [1.82, 2.24) is 0 Å². The Morgan fingerprint density at radius 3 is 0.629 bits per heavy atom. The summed E-state index contributed by atoms with van der Waals surface area (Å²) >= 11 is 0. The Kier molecular flexibility index (Phi) is 52.8. The molecule has 0 bridgehead atoms. The average molecular weight is 1390 g/mol. The SMILES string of the molecule is CCCCCCCCCCCCCCCc1ccc2cc(CCCCCCCCCCCCCCC)c(S(=O)(=O)[O-])cc2c1.CCCCCCCCCCCCCCCc1ccc2cc(CCCCCCCCCCCCCCC)c(S(=O)(=O)[O-])cc2c1.[Ba+2]. The minimum absolute atomic E-state index is 0. The van der Waals surface area contributed by atoms with Gasteiger partial charge in [-0.2, -0.15) is 0 Å². The van der Waals surface area contributed by atoms with Crippen LogP contribution >= 0.6 is 0 Å². The fourth-order valence-corrected chi connectivity index (χ4v) is 14.8. The van der Waals surface area contributed by atoms with Crippen LogP contribution in [-0.2, 0) is 45.9 Å². The zero-order valence-electron chi connectivity index (χ0n) is 58.3. The van der Waals surface area contributed by atoms with Gasteiger partial charge in [0, 0.05) is 0 Å². The van der Waals surface area contributed by atoms with Crippen LogP contribution in [0.3, 0.4) is 0 Å². The normalized spacial score (nSPS) is 11.8. The zero-order chi connectivity index (χ0) is 63.4. The minimum atomic E-state index is -4.50. The van der Waals surface area contributed by atoms with Crippen LogP contribution in [-0.4, -0.2) is 74.8 Å². The summed E-state index contributed by atoms with van der Waals surface area (Å²) < 4.78 is 73.0. The van der Waals surface area contributed by atoms with Crippen molar-refractivity contribution in [2.75, 3.05) is 0 Å². The zero-order valence-corrected chi connectivity index (χ0v) is 64.4. The molecule has 0 unspecified atom stereocenters. The van der Waals surface area contributed by atoms with E-state index < -0.39 is 20.2 Å². The molecular weight excluding hydrogens is 1260 g/mol. The van der Waals surface area contributed by atoms with E-state index in [0.29, 0.717) is 24.0 Å². The molecule has 0 radical (unpaired) electrons. The van der Waals surface area contributed by atoms with Gasteiger partial charge in [-0.05, 0) is 119 Å². The van der Waals surface area contributed by atoms with Crippen LogP contribution in [0, 0.1) is 0 Å². The van der Waals surface area contributed by atoms with Gasteiger partial charge in [-0.15, -0.1) is 0 Å². The number of rotatable bonds is 58. The van der Waals surface area contributed by atoms with Crippen molar-refractivity contribution in [2.45, 2.75) is 397 Å². The van der Waals surface area contributed by atoms with Crippen LogP contribution in [0.2, 0.25) is 0 Å². The summed E-state index contributed by atoms with van der Waals surface area (Å²) in [7, 11) is -8.99. The first-order chi connectivity index (χ1) is 42.9. The summed E-state index contributed by atoms with van der Waals surface area (Å²) in [6.45, 7) is 9.08. The van der Waals surface area contributed by atoms with E-state index in [-0.39, 0.29) is 58.7 Å². The first kappa shape index (κ1) is 83.9. The smallest absolute Gasteiger partial charge is 0.744 e. The number of unbranched alkanes of at least 4 members (excludes halogenated alkanes) is 48. The van der Waals surface area contributed by atoms with Crippen molar-refractivity contribution in [3.63, 3.8) is 0 Å². The first-order valence-electron chi connectivity index (χ1n) is 37.9. The van der Waals surface area contributed by atoms with E-state index >= 15 is 0 Å². The third-order valence-corrected chi connectivity index (χ3v) is 20.8. The molecule has 4 aromatic carbocycles. The van der Waals surface area contributed by atoms with E-state index in [4.69, 9.17) is 0 Å². The first-order valence-corrected chi connectivity index (χ1v) is 40.8. The number of benzene rings is 4. The van der Waals surface area contributed by atoms with Gasteiger partial charge >= 0.3 is 48.9 Å². The van der Waals surface area contributed by atoms with Gasteiger partial charge < -0.3 is 9.11 Å². The summed E-state index contributed by atoms with van der Waals surface area (Å²) in [5, 5.41) is 3.83. The average Bonchev–Trinajstić information content (AvgIpc) is 0.960. The second-order valence-corrected chi connectivity index (χ2v) is 29.9. The molecule has 9 heteroatoms. The Morgan fingerprint density at radius 2 is 0.427 bits per heavy atom. The molecule has 0 aliphatic heterocycles. The van der Waals surface area contributed by atoms with E-state index in [9.17, 15) is 25.9 Å². The van der Waals surface area contributed by atoms with Crippen molar-refractivity contribution < 1.29 is 25.9 Å². The van der Waals surface area contributed by atoms with Gasteiger partial charge in [0.2, 0.25) is 0 Å². The van der Waals surface area contributed by atoms with Gasteiger partial charge in [-0.1, -0.05) is 372 Å². The Hall–Kier alpha value is -1.21. The van der Waals surface area contributed by atoms with Crippen molar-refractivity contribution in [3.8, 4) is 0 Å². The molecule has 0 saturated carbocycles. The van der Waals surface area contributed by atoms with Crippen LogP contribution in [0.15, 0.2) is 70.5 Å². The van der Waals surface area contributed by atoms with E-state index in [1.54, 1.807) is 12.1 Å². The molecular formula is C80H134BaO6S2. The molecule has 4 rings (SSSR count). The van der Waals surface area contributed by atoms with Crippen molar-refractivity contribution in [2.24, 2.45) is 0 Å². The number of aryl methyl sites for hydroxylation is 4. The summed E-state index contributed by atoms with van der Waals surface area (Å²) in [6.07, 6.45) is 71.8. The number of fused-ring (bicyclic) bond motifs is 2. The molecule has 0 saturated heterocycles. The van der Waals surface area contributed by atoms with Crippen LogP contribution in [0.5, 0.6) is 0 Å². The van der Waals surface area contributed by atoms with Crippen molar-refractivity contribution >= 4 is 90.7 Å². The molecule has 4 aromatic rings. The van der Waals surface area contributed by atoms with Gasteiger partial charge in [0.05, 0.1) is 9.79 Å². The topological polar surface area (TPSA) is 114 Å². The molecule has 0 N–H and O–H groups in total. The number of hydrogen-bond acceptors (Lipinski definition) is 6. The van der Waals surface area contributed by atoms with E-state index in [2.05, 4.69) is 64.1 Å². The molecule has 6 nitrogen and oxygen atoms in total. The van der Waals surface area contributed by atoms with Gasteiger partial charge in [-0.25, -0.2) is 16.8 Å². The van der Waals surface area contributed by atoms with Gasteiger partial charge in [0.25, 0.3) is 0 Å². The minimum Gasteiger partial charge on any atom is -0.744 e. The predicted octanol–water partition coefficient (Wildman–Crippen LogP) is 25.6. The standard InChI is InChI=1S/2C40H68O3S.Ba/c2*1-3-5-7-9-11-13-15-17-19-21-23-25-27-29-36-31-32-37-34-38(40(44(41,42)43)35-39(37)33-36)30-28-26-24-22-20-18-16-14-12-10-8-6-4-2;/h2*31-35H,3-30H2,1-2H3,(H,41,42,43);/q;;+2/p-2. The fraction of sp³-hybridized carbons (Fsp3) is 0.750. The van der Waals surface area contributed by atoms with Crippen molar-refractivity contribution in [3.05, 3.63) is 82.9 Å².